The number of ether oxygens (including phenoxy) is 1. The lowest BCUT2D eigenvalue weighted by atomic mass is 9.93. The first kappa shape index (κ1) is 17.7. The fraction of sp³-hybridized carbons (Fsp3) is 0.500. The zero-order chi connectivity index (χ0) is 17.5. The van der Waals surface area contributed by atoms with Gasteiger partial charge in [0.1, 0.15) is 0 Å². The number of aliphatic carboxylic acids is 1. The molecule has 130 valence electrons. The first-order valence-electron chi connectivity index (χ1n) is 7.83. The molecule has 1 aromatic carbocycles. The van der Waals surface area contributed by atoms with Gasteiger partial charge in [0.15, 0.2) is 12.4 Å². The molecule has 1 aliphatic rings. The average molecular weight is 336 g/mol. The minimum Gasteiger partial charge on any atom is -0.481 e. The first-order valence-corrected chi connectivity index (χ1v) is 7.83. The lowest BCUT2D eigenvalue weighted by Crippen LogP contribution is -2.42. The number of para-hydroxylation sites is 2. The smallest absolute Gasteiger partial charge is 0.310 e. The van der Waals surface area contributed by atoms with Crippen LogP contribution < -0.4 is 4.74 Å². The number of rotatable bonds is 7. The molecule has 0 spiro atoms. The number of carbonyl (C=O) groups is 2. The number of amides is 1. The van der Waals surface area contributed by atoms with Crippen molar-refractivity contribution >= 4 is 17.6 Å². The maximum absolute atomic E-state index is 12.3. The summed E-state index contributed by atoms with van der Waals surface area (Å²) >= 11 is 0. The Balaban J connectivity index is 1.88. The van der Waals surface area contributed by atoms with Crippen molar-refractivity contribution in [1.82, 2.24) is 4.90 Å². The van der Waals surface area contributed by atoms with Crippen LogP contribution in [0.15, 0.2) is 24.3 Å². The Morgan fingerprint density at radius 1 is 1.38 bits per heavy atom. The molecule has 8 nitrogen and oxygen atoms in total. The van der Waals surface area contributed by atoms with Crippen molar-refractivity contribution in [1.29, 1.82) is 0 Å². The molecule has 2 rings (SSSR count). The lowest BCUT2D eigenvalue weighted by Gasteiger charge is -2.32. The van der Waals surface area contributed by atoms with Gasteiger partial charge in [-0.3, -0.25) is 19.7 Å². The number of nitro groups is 1. The monoisotopic (exact) mass is 336 g/mol. The molecule has 1 aromatic rings. The topological polar surface area (TPSA) is 110 Å². The third-order valence-corrected chi connectivity index (χ3v) is 4.05. The van der Waals surface area contributed by atoms with Gasteiger partial charge >= 0.3 is 11.7 Å². The van der Waals surface area contributed by atoms with Crippen molar-refractivity contribution in [3.8, 4) is 5.75 Å². The van der Waals surface area contributed by atoms with E-state index in [1.165, 1.54) is 18.2 Å². The van der Waals surface area contributed by atoms with Crippen molar-refractivity contribution in [2.75, 3.05) is 19.7 Å². The Morgan fingerprint density at radius 2 is 2.12 bits per heavy atom. The van der Waals surface area contributed by atoms with Crippen LogP contribution in [0.4, 0.5) is 5.69 Å². The Hall–Kier alpha value is -2.64. The number of hydrogen-bond donors (Lipinski definition) is 1. The van der Waals surface area contributed by atoms with Crippen LogP contribution in [0.25, 0.3) is 0 Å². The second kappa shape index (κ2) is 8.28. The number of hydrogen-bond acceptors (Lipinski definition) is 5. The van der Waals surface area contributed by atoms with Crippen LogP contribution in [-0.4, -0.2) is 46.5 Å². The first-order chi connectivity index (χ1) is 11.5. The van der Waals surface area contributed by atoms with E-state index in [9.17, 15) is 19.7 Å². The summed E-state index contributed by atoms with van der Waals surface area (Å²) in [5, 5.41) is 19.7. The molecule has 1 saturated heterocycles. The van der Waals surface area contributed by atoms with Gasteiger partial charge in [0, 0.05) is 25.6 Å². The summed E-state index contributed by atoms with van der Waals surface area (Å²) in [7, 11) is 0. The highest BCUT2D eigenvalue weighted by molar-refractivity contribution is 5.78. The fourth-order valence-electron chi connectivity index (χ4n) is 2.82. The Labute approximate surface area is 139 Å². The van der Waals surface area contributed by atoms with Crippen LogP contribution in [0, 0.1) is 16.0 Å². The van der Waals surface area contributed by atoms with Gasteiger partial charge in [0.25, 0.3) is 5.91 Å². The molecule has 24 heavy (non-hydrogen) atoms. The van der Waals surface area contributed by atoms with Gasteiger partial charge in [-0.2, -0.15) is 0 Å². The zero-order valence-corrected chi connectivity index (χ0v) is 13.2. The maximum atomic E-state index is 12.3. The molecule has 8 heteroatoms. The molecule has 1 aliphatic heterocycles. The van der Waals surface area contributed by atoms with Gasteiger partial charge in [-0.1, -0.05) is 12.1 Å². The van der Waals surface area contributed by atoms with Crippen LogP contribution >= 0.6 is 0 Å². The largest absolute Gasteiger partial charge is 0.481 e. The van der Waals surface area contributed by atoms with E-state index in [4.69, 9.17) is 9.84 Å². The van der Waals surface area contributed by atoms with E-state index >= 15 is 0 Å². The van der Waals surface area contributed by atoms with Crippen LogP contribution in [0.5, 0.6) is 5.75 Å². The summed E-state index contributed by atoms with van der Waals surface area (Å²) in [6, 6.07) is 5.92. The van der Waals surface area contributed by atoms with Gasteiger partial charge in [-0.05, 0) is 31.2 Å². The van der Waals surface area contributed by atoms with Gasteiger partial charge in [0.2, 0.25) is 0 Å². The van der Waals surface area contributed by atoms with Gasteiger partial charge in [-0.15, -0.1) is 0 Å². The molecular weight excluding hydrogens is 316 g/mol. The van der Waals surface area contributed by atoms with Gasteiger partial charge in [0.05, 0.1) is 4.92 Å². The normalized spacial score (nSPS) is 17.3. The molecule has 0 radical (unpaired) electrons. The number of likely N-dealkylation sites (tertiary alicyclic amines) is 1. The zero-order valence-electron chi connectivity index (χ0n) is 13.2. The van der Waals surface area contributed by atoms with Crippen molar-refractivity contribution in [2.24, 2.45) is 5.92 Å². The lowest BCUT2D eigenvalue weighted by molar-refractivity contribution is -0.385. The van der Waals surface area contributed by atoms with Crippen LogP contribution in [0.1, 0.15) is 25.7 Å². The Kier molecular flexibility index (Phi) is 6.11. The summed E-state index contributed by atoms with van der Waals surface area (Å²) in [6.45, 7) is 0.839. The molecular formula is C16H20N2O6. The van der Waals surface area contributed by atoms with Crippen LogP contribution in [0.3, 0.4) is 0 Å². The van der Waals surface area contributed by atoms with Crippen LogP contribution in [0.2, 0.25) is 0 Å². The van der Waals surface area contributed by atoms with E-state index in [1.54, 1.807) is 11.0 Å². The van der Waals surface area contributed by atoms with E-state index in [0.29, 0.717) is 19.5 Å². The third-order valence-electron chi connectivity index (χ3n) is 4.05. The predicted octanol–water partition coefficient (Wildman–Crippen LogP) is 2.08. The van der Waals surface area contributed by atoms with E-state index < -0.39 is 10.9 Å². The number of piperidine rings is 1. The summed E-state index contributed by atoms with van der Waals surface area (Å²) in [6.07, 6.45) is 2.37. The standard InChI is InChI=1S/C16H20N2O6/c19-15(11-24-14-6-2-1-5-13(14)18(22)23)17-9-3-4-12(10-17)7-8-16(20)21/h1-2,5-6,12H,3-4,7-11H2,(H,20,21). The quantitative estimate of drug-likeness (QED) is 0.603. The molecule has 0 saturated carbocycles. The molecule has 1 unspecified atom stereocenters. The van der Waals surface area contributed by atoms with E-state index in [2.05, 4.69) is 0 Å². The fourth-order valence-corrected chi connectivity index (χ4v) is 2.82. The highest BCUT2D eigenvalue weighted by atomic mass is 16.6. The van der Waals surface area contributed by atoms with Crippen LogP contribution in [-0.2, 0) is 9.59 Å². The Morgan fingerprint density at radius 3 is 2.83 bits per heavy atom. The molecule has 0 bridgehead atoms. The van der Waals surface area contributed by atoms with Crippen molar-refractivity contribution in [3.05, 3.63) is 34.4 Å². The summed E-state index contributed by atoms with van der Waals surface area (Å²) < 4.78 is 5.32. The second-order valence-electron chi connectivity index (χ2n) is 5.79. The van der Waals surface area contributed by atoms with Gasteiger partial charge < -0.3 is 14.7 Å². The van der Waals surface area contributed by atoms with Gasteiger partial charge in [-0.25, -0.2) is 0 Å². The number of carboxylic acids is 1. The SMILES string of the molecule is O=C(O)CCC1CCCN(C(=O)COc2ccccc2[N+](=O)[O-])C1. The summed E-state index contributed by atoms with van der Waals surface area (Å²) in [4.78, 5) is 34.9. The minimum atomic E-state index is -0.835. The molecule has 1 fully saturated rings. The minimum absolute atomic E-state index is 0.0651. The second-order valence-corrected chi connectivity index (χ2v) is 5.79. The number of carboxylic acid groups (broad SMARTS) is 1. The molecule has 1 amide bonds. The number of nitrogens with zero attached hydrogens (tertiary/aromatic N) is 2. The molecule has 1 N–H and O–H groups in total. The molecule has 0 aromatic heterocycles. The Bertz CT molecular complexity index is 618. The molecule has 1 heterocycles. The average Bonchev–Trinajstić information content (AvgIpc) is 2.58. The molecule has 0 aliphatic carbocycles. The number of carbonyl (C=O) groups excluding carboxylic acids is 1. The van der Waals surface area contributed by atoms with Crippen molar-refractivity contribution < 1.29 is 24.4 Å². The number of nitro benzene ring substituents is 1. The highest BCUT2D eigenvalue weighted by Gasteiger charge is 2.25. The van der Waals surface area contributed by atoms with Crippen molar-refractivity contribution in [2.45, 2.75) is 25.7 Å². The van der Waals surface area contributed by atoms with E-state index in [-0.39, 0.29) is 36.3 Å². The maximum Gasteiger partial charge on any atom is 0.310 e. The van der Waals surface area contributed by atoms with Crippen molar-refractivity contribution in [3.63, 3.8) is 0 Å². The third kappa shape index (κ3) is 4.94. The summed E-state index contributed by atoms with van der Waals surface area (Å²) in [5.41, 5.74) is -0.178. The molecule has 1 atom stereocenters. The highest BCUT2D eigenvalue weighted by Crippen LogP contribution is 2.26. The van der Waals surface area contributed by atoms with E-state index in [0.717, 1.165) is 12.8 Å². The number of benzene rings is 1. The predicted molar refractivity (Wildman–Crippen MR) is 84.8 cm³/mol. The van der Waals surface area contributed by atoms with E-state index in [1.807, 2.05) is 0 Å². The summed E-state index contributed by atoms with van der Waals surface area (Å²) in [5.74, 6) is -0.841.